The van der Waals surface area contributed by atoms with Crippen molar-refractivity contribution < 1.29 is 4.98 Å². The Morgan fingerprint density at radius 2 is 1.73 bits per heavy atom. The molecule has 0 saturated heterocycles. The van der Waals surface area contributed by atoms with Crippen LogP contribution in [-0.4, -0.2) is 4.98 Å². The third-order valence-corrected chi connectivity index (χ3v) is 2.61. The van der Waals surface area contributed by atoms with Gasteiger partial charge in [0, 0.05) is 17.2 Å². The van der Waals surface area contributed by atoms with Gasteiger partial charge in [0.05, 0.1) is 0 Å². The molecule has 0 bridgehead atoms. The van der Waals surface area contributed by atoms with Crippen LogP contribution in [0.2, 0.25) is 5.02 Å². The minimum atomic E-state index is 0.707. The van der Waals surface area contributed by atoms with E-state index >= 15 is 0 Å². The summed E-state index contributed by atoms with van der Waals surface area (Å²) in [7, 11) is 0. The molecule has 0 saturated carbocycles. The van der Waals surface area contributed by atoms with Crippen LogP contribution in [0.15, 0.2) is 42.5 Å². The topological polar surface area (TPSA) is 27.0 Å². The molecular weight excluding hydrogens is 208 g/mol. The summed E-state index contributed by atoms with van der Waals surface area (Å²) in [6, 6.07) is 13.6. The highest BCUT2D eigenvalue weighted by molar-refractivity contribution is 6.31. The molecule has 3 aromatic rings. The number of hydrogen-bond acceptors (Lipinski definition) is 1. The molecule has 0 unspecified atom stereocenters. The second-order valence-corrected chi connectivity index (χ2v) is 3.85. The van der Waals surface area contributed by atoms with Gasteiger partial charge in [-0.3, -0.25) is 0 Å². The summed E-state index contributed by atoms with van der Waals surface area (Å²) in [5, 5.41) is 0.707. The lowest BCUT2D eigenvalue weighted by Gasteiger charge is -1.95. The van der Waals surface area contributed by atoms with Crippen LogP contribution in [0.3, 0.4) is 0 Å². The van der Waals surface area contributed by atoms with E-state index in [0.29, 0.717) is 5.02 Å². The molecule has 2 aromatic carbocycles. The van der Waals surface area contributed by atoms with E-state index in [9.17, 15) is 0 Å². The molecule has 0 fully saturated rings. The van der Waals surface area contributed by atoms with E-state index in [4.69, 9.17) is 11.6 Å². The van der Waals surface area contributed by atoms with Gasteiger partial charge in [-0.25, -0.2) is 9.97 Å². The van der Waals surface area contributed by atoms with Gasteiger partial charge < -0.3 is 0 Å². The summed E-state index contributed by atoms with van der Waals surface area (Å²) in [5.74, 6) is 0. The van der Waals surface area contributed by atoms with Gasteiger partial charge in [-0.05, 0) is 18.2 Å². The molecule has 1 heterocycles. The van der Waals surface area contributed by atoms with E-state index in [2.05, 4.69) is 9.97 Å². The number of rotatable bonds is 0. The second-order valence-electron chi connectivity index (χ2n) is 3.42. The van der Waals surface area contributed by atoms with E-state index < -0.39 is 0 Å². The fourth-order valence-electron chi connectivity index (χ4n) is 1.65. The highest BCUT2D eigenvalue weighted by Gasteiger charge is 2.06. The summed E-state index contributed by atoms with van der Waals surface area (Å²) in [4.78, 5) is 7.84. The van der Waals surface area contributed by atoms with Gasteiger partial charge in [0.1, 0.15) is 11.0 Å². The van der Waals surface area contributed by atoms with Crippen molar-refractivity contribution in [1.82, 2.24) is 4.98 Å². The third kappa shape index (κ3) is 1.43. The van der Waals surface area contributed by atoms with Crippen LogP contribution in [-0.2, 0) is 0 Å². The average molecular weight is 216 g/mol. The van der Waals surface area contributed by atoms with Crippen molar-refractivity contribution in [1.29, 1.82) is 0 Å². The van der Waals surface area contributed by atoms with Crippen molar-refractivity contribution in [2.24, 2.45) is 0 Å². The van der Waals surface area contributed by atoms with Crippen LogP contribution in [0.4, 0.5) is 0 Å². The molecule has 0 aliphatic rings. The smallest absolute Gasteiger partial charge is 0.230 e. The zero-order valence-electron chi connectivity index (χ0n) is 7.87. The number of aromatic nitrogens is 2. The van der Waals surface area contributed by atoms with Crippen LogP contribution in [0.5, 0.6) is 0 Å². The maximum atomic E-state index is 5.92. The molecular formula is C12H8ClN2+. The number of nitrogens with zero attached hydrogens (tertiary/aromatic N) is 1. The van der Waals surface area contributed by atoms with Crippen LogP contribution in [0.25, 0.3) is 22.1 Å². The molecule has 0 spiro atoms. The van der Waals surface area contributed by atoms with Gasteiger partial charge >= 0.3 is 0 Å². The number of fused-ring (bicyclic) bond motifs is 2. The summed E-state index contributed by atoms with van der Waals surface area (Å²) < 4.78 is 0. The summed E-state index contributed by atoms with van der Waals surface area (Å²) >= 11 is 5.92. The lowest BCUT2D eigenvalue weighted by atomic mass is 10.2. The Kier molecular flexibility index (Phi) is 1.82. The number of para-hydroxylation sites is 2. The normalized spacial score (nSPS) is 11.0. The van der Waals surface area contributed by atoms with Gasteiger partial charge in [0.25, 0.3) is 0 Å². The average Bonchev–Trinajstić information content (AvgIpc) is 2.26. The minimum absolute atomic E-state index is 0.707. The molecule has 0 aliphatic heterocycles. The van der Waals surface area contributed by atoms with Crippen molar-refractivity contribution in [3.63, 3.8) is 0 Å². The Labute approximate surface area is 91.5 Å². The van der Waals surface area contributed by atoms with Crippen molar-refractivity contribution in [2.45, 2.75) is 0 Å². The Morgan fingerprint density at radius 1 is 0.933 bits per heavy atom. The van der Waals surface area contributed by atoms with E-state index in [1.165, 1.54) is 0 Å². The maximum Gasteiger partial charge on any atom is 0.230 e. The van der Waals surface area contributed by atoms with Gasteiger partial charge in [-0.15, -0.1) is 0 Å². The SMILES string of the molecule is Clc1ccc2[nH+]c3ccccc3nc2c1. The fraction of sp³-hybridized carbons (Fsp3) is 0. The zero-order valence-corrected chi connectivity index (χ0v) is 8.62. The molecule has 3 heteroatoms. The van der Waals surface area contributed by atoms with E-state index in [1.54, 1.807) is 0 Å². The van der Waals surface area contributed by atoms with Crippen molar-refractivity contribution in [3.05, 3.63) is 47.5 Å². The zero-order chi connectivity index (χ0) is 10.3. The van der Waals surface area contributed by atoms with E-state index in [0.717, 1.165) is 22.1 Å². The van der Waals surface area contributed by atoms with Crippen LogP contribution in [0, 0.1) is 0 Å². The summed E-state index contributed by atoms with van der Waals surface area (Å²) in [6.07, 6.45) is 0. The molecule has 0 atom stereocenters. The van der Waals surface area contributed by atoms with Gasteiger partial charge in [-0.1, -0.05) is 23.7 Å². The van der Waals surface area contributed by atoms with Crippen LogP contribution in [0.1, 0.15) is 0 Å². The fourth-order valence-corrected chi connectivity index (χ4v) is 1.82. The Morgan fingerprint density at radius 3 is 2.67 bits per heavy atom. The number of hydrogen-bond donors (Lipinski definition) is 0. The number of nitrogens with one attached hydrogen (secondary N) is 1. The lowest BCUT2D eigenvalue weighted by Crippen LogP contribution is -2.06. The predicted molar refractivity (Wildman–Crippen MR) is 60.8 cm³/mol. The first-order valence-electron chi connectivity index (χ1n) is 4.70. The van der Waals surface area contributed by atoms with Crippen molar-refractivity contribution >= 4 is 33.7 Å². The first-order valence-corrected chi connectivity index (χ1v) is 5.08. The lowest BCUT2D eigenvalue weighted by molar-refractivity contribution is -0.310. The predicted octanol–water partition coefficient (Wildman–Crippen LogP) is 2.86. The standard InChI is InChI=1S/C12H7ClN2/c13-8-5-6-11-12(7-8)15-10-4-2-1-3-9(10)14-11/h1-7H/p+1. The second kappa shape index (κ2) is 3.17. The van der Waals surface area contributed by atoms with Gasteiger partial charge in [0.15, 0.2) is 0 Å². The third-order valence-electron chi connectivity index (χ3n) is 2.37. The minimum Gasteiger partial charge on any atom is -0.235 e. The maximum absolute atomic E-state index is 5.92. The number of halogens is 1. The molecule has 0 radical (unpaired) electrons. The molecule has 0 amide bonds. The Balaban J connectivity index is 2.47. The van der Waals surface area contributed by atoms with Crippen molar-refractivity contribution in [2.75, 3.05) is 0 Å². The number of aromatic amines is 1. The molecule has 1 aromatic heterocycles. The molecule has 3 rings (SSSR count). The first kappa shape index (κ1) is 8.62. The van der Waals surface area contributed by atoms with E-state index in [-0.39, 0.29) is 0 Å². The monoisotopic (exact) mass is 215 g/mol. The highest BCUT2D eigenvalue weighted by Crippen LogP contribution is 2.16. The number of benzene rings is 2. The van der Waals surface area contributed by atoms with E-state index in [1.807, 2.05) is 42.5 Å². The van der Waals surface area contributed by atoms with Crippen molar-refractivity contribution in [3.8, 4) is 0 Å². The largest absolute Gasteiger partial charge is 0.235 e. The summed E-state index contributed by atoms with van der Waals surface area (Å²) in [5.41, 5.74) is 3.87. The Hall–Kier alpha value is -1.67. The van der Waals surface area contributed by atoms with Gasteiger partial charge in [-0.2, -0.15) is 0 Å². The van der Waals surface area contributed by atoms with Crippen LogP contribution < -0.4 is 4.98 Å². The molecule has 0 aliphatic carbocycles. The van der Waals surface area contributed by atoms with Gasteiger partial charge in [0.2, 0.25) is 11.0 Å². The summed E-state index contributed by atoms with van der Waals surface area (Å²) in [6.45, 7) is 0. The molecule has 2 nitrogen and oxygen atoms in total. The highest BCUT2D eigenvalue weighted by atomic mass is 35.5. The first-order chi connectivity index (χ1) is 7.33. The molecule has 72 valence electrons. The molecule has 15 heavy (non-hydrogen) atoms. The number of H-pyrrole nitrogens is 1. The Bertz CT molecular complexity index is 649. The molecule has 1 N–H and O–H groups in total. The van der Waals surface area contributed by atoms with Crippen LogP contribution >= 0.6 is 11.6 Å². The quantitative estimate of drug-likeness (QED) is 0.530.